The zero-order chi connectivity index (χ0) is 20.9. The van der Waals surface area contributed by atoms with Gasteiger partial charge in [-0.1, -0.05) is 24.3 Å². The Morgan fingerprint density at radius 3 is 2.63 bits per heavy atom. The third-order valence-corrected chi connectivity index (χ3v) is 5.87. The number of carbonyl (C=O) groups is 1. The molecule has 0 aliphatic carbocycles. The fourth-order valence-corrected chi connectivity index (χ4v) is 3.96. The molecule has 30 heavy (non-hydrogen) atoms. The van der Waals surface area contributed by atoms with Gasteiger partial charge in [-0.05, 0) is 31.2 Å². The van der Waals surface area contributed by atoms with E-state index in [0.717, 1.165) is 23.1 Å². The summed E-state index contributed by atoms with van der Waals surface area (Å²) in [5, 5.41) is 0. The van der Waals surface area contributed by atoms with Crippen LogP contribution >= 0.6 is 11.7 Å². The molecule has 0 saturated carbocycles. The summed E-state index contributed by atoms with van der Waals surface area (Å²) in [5.74, 6) is 0.431. The van der Waals surface area contributed by atoms with Crippen molar-refractivity contribution in [3.8, 4) is 5.75 Å². The van der Waals surface area contributed by atoms with Crippen LogP contribution in [0.5, 0.6) is 5.75 Å². The minimum absolute atomic E-state index is 0.0162. The maximum absolute atomic E-state index is 13.9. The Kier molecular flexibility index (Phi) is 6.35. The fraction of sp³-hybridized carbons (Fsp3) is 0.318. The lowest BCUT2D eigenvalue weighted by atomic mass is 10.1. The zero-order valence-electron chi connectivity index (χ0n) is 16.8. The van der Waals surface area contributed by atoms with Crippen molar-refractivity contribution in [1.82, 2.24) is 18.5 Å². The minimum Gasteiger partial charge on any atom is -0.487 e. The van der Waals surface area contributed by atoms with Gasteiger partial charge < -0.3 is 9.64 Å². The van der Waals surface area contributed by atoms with Crippen molar-refractivity contribution in [3.05, 3.63) is 76.9 Å². The van der Waals surface area contributed by atoms with Gasteiger partial charge in [0.1, 0.15) is 23.9 Å². The molecule has 8 heteroatoms. The Labute approximate surface area is 179 Å². The molecular weight excluding hydrogens is 403 g/mol. The predicted molar refractivity (Wildman–Crippen MR) is 113 cm³/mol. The van der Waals surface area contributed by atoms with Crippen molar-refractivity contribution in [3.63, 3.8) is 0 Å². The van der Waals surface area contributed by atoms with Crippen molar-refractivity contribution in [2.45, 2.75) is 20.1 Å². The summed E-state index contributed by atoms with van der Waals surface area (Å²) in [6.45, 7) is 5.44. The van der Waals surface area contributed by atoms with Gasteiger partial charge in [0.15, 0.2) is 0 Å². The standard InChI is InChI=1S/C22H23FN4O2S/c1-16-21(25-30-24-16)15-29-19-7-4-6-17(13-19)22(28)27-11-9-26(10-12-27)14-18-5-2-3-8-20(18)23/h2-8,13H,9-12,14-15H2,1H3. The number of ether oxygens (including phenoxy) is 1. The Bertz CT molecular complexity index is 1020. The summed E-state index contributed by atoms with van der Waals surface area (Å²) in [4.78, 5) is 16.9. The first-order valence-electron chi connectivity index (χ1n) is 9.86. The van der Waals surface area contributed by atoms with Gasteiger partial charge in [0.25, 0.3) is 5.91 Å². The zero-order valence-corrected chi connectivity index (χ0v) is 17.6. The number of hydrogen-bond acceptors (Lipinski definition) is 6. The number of nitrogens with zero attached hydrogens (tertiary/aromatic N) is 4. The number of rotatable bonds is 6. The highest BCUT2D eigenvalue weighted by atomic mass is 32.1. The summed E-state index contributed by atoms with van der Waals surface area (Å²) in [6, 6.07) is 14.1. The van der Waals surface area contributed by atoms with Crippen molar-refractivity contribution in [1.29, 1.82) is 0 Å². The van der Waals surface area contributed by atoms with E-state index in [9.17, 15) is 9.18 Å². The first-order valence-corrected chi connectivity index (χ1v) is 10.6. The molecule has 0 spiro atoms. The van der Waals surface area contributed by atoms with Crippen molar-refractivity contribution < 1.29 is 13.9 Å². The predicted octanol–water partition coefficient (Wildman–Crippen LogP) is 3.52. The highest BCUT2D eigenvalue weighted by molar-refractivity contribution is 6.99. The van der Waals surface area contributed by atoms with Crippen LogP contribution in [0.4, 0.5) is 4.39 Å². The van der Waals surface area contributed by atoms with Gasteiger partial charge in [0.05, 0.1) is 17.4 Å². The van der Waals surface area contributed by atoms with E-state index in [4.69, 9.17) is 4.74 Å². The van der Waals surface area contributed by atoms with Gasteiger partial charge in [-0.25, -0.2) is 4.39 Å². The number of carbonyl (C=O) groups excluding carboxylic acids is 1. The monoisotopic (exact) mass is 426 g/mol. The third-order valence-electron chi connectivity index (χ3n) is 5.21. The maximum atomic E-state index is 13.9. The molecule has 0 radical (unpaired) electrons. The number of aromatic nitrogens is 2. The van der Waals surface area contributed by atoms with Crippen LogP contribution in [0.2, 0.25) is 0 Å². The lowest BCUT2D eigenvalue weighted by Gasteiger charge is -2.34. The van der Waals surface area contributed by atoms with Gasteiger partial charge in [-0.3, -0.25) is 9.69 Å². The highest BCUT2D eigenvalue weighted by Gasteiger charge is 2.23. The molecule has 4 rings (SSSR count). The van der Waals surface area contributed by atoms with E-state index in [2.05, 4.69) is 13.6 Å². The van der Waals surface area contributed by atoms with Crippen LogP contribution < -0.4 is 4.74 Å². The first-order chi connectivity index (χ1) is 14.6. The average Bonchev–Trinajstić information content (AvgIpc) is 3.19. The second-order valence-corrected chi connectivity index (χ2v) is 7.80. The topological polar surface area (TPSA) is 58.6 Å². The first kappa shape index (κ1) is 20.4. The van der Waals surface area contributed by atoms with Crippen LogP contribution in [-0.2, 0) is 13.2 Å². The number of hydrogen-bond donors (Lipinski definition) is 0. The number of benzene rings is 2. The number of amides is 1. The van der Waals surface area contributed by atoms with Crippen LogP contribution in [0.3, 0.4) is 0 Å². The average molecular weight is 427 g/mol. The summed E-state index contributed by atoms with van der Waals surface area (Å²) in [6.07, 6.45) is 0. The largest absolute Gasteiger partial charge is 0.487 e. The second-order valence-electron chi connectivity index (χ2n) is 7.27. The summed E-state index contributed by atoms with van der Waals surface area (Å²) >= 11 is 1.16. The van der Waals surface area contributed by atoms with Crippen molar-refractivity contribution in [2.24, 2.45) is 0 Å². The lowest BCUT2D eigenvalue weighted by Crippen LogP contribution is -2.48. The van der Waals surface area contributed by atoms with E-state index in [0.29, 0.717) is 56.2 Å². The van der Waals surface area contributed by atoms with E-state index in [1.165, 1.54) is 6.07 Å². The number of aryl methyl sites for hydroxylation is 1. The summed E-state index contributed by atoms with van der Waals surface area (Å²) < 4.78 is 28.0. The molecule has 1 aliphatic rings. The molecule has 1 amide bonds. The van der Waals surface area contributed by atoms with E-state index in [1.807, 2.05) is 36.1 Å². The number of piperazine rings is 1. The Morgan fingerprint density at radius 1 is 1.10 bits per heavy atom. The van der Waals surface area contributed by atoms with Gasteiger partial charge in [0, 0.05) is 43.9 Å². The molecule has 0 atom stereocenters. The van der Waals surface area contributed by atoms with Gasteiger partial charge in [0.2, 0.25) is 0 Å². The summed E-state index contributed by atoms with van der Waals surface area (Å²) in [7, 11) is 0. The minimum atomic E-state index is -0.184. The molecule has 0 unspecified atom stereocenters. The molecule has 1 aromatic heterocycles. The molecule has 2 heterocycles. The van der Waals surface area contributed by atoms with Gasteiger partial charge >= 0.3 is 0 Å². The SMILES string of the molecule is Cc1nsnc1COc1cccc(C(=O)N2CCN(Cc3ccccc3F)CC2)c1. The maximum Gasteiger partial charge on any atom is 0.254 e. The van der Waals surface area contributed by atoms with Crippen LogP contribution in [0.15, 0.2) is 48.5 Å². The molecule has 0 N–H and O–H groups in total. The molecule has 1 saturated heterocycles. The van der Waals surface area contributed by atoms with Crippen LogP contribution in [0, 0.1) is 12.7 Å². The van der Waals surface area contributed by atoms with Crippen molar-refractivity contribution in [2.75, 3.05) is 26.2 Å². The van der Waals surface area contributed by atoms with Crippen LogP contribution in [0.1, 0.15) is 27.3 Å². The Hall–Kier alpha value is -2.84. The lowest BCUT2D eigenvalue weighted by molar-refractivity contribution is 0.0626. The van der Waals surface area contributed by atoms with E-state index in [1.54, 1.807) is 18.2 Å². The third kappa shape index (κ3) is 4.83. The van der Waals surface area contributed by atoms with Gasteiger partial charge in [-0.2, -0.15) is 8.75 Å². The molecule has 1 aliphatic heterocycles. The van der Waals surface area contributed by atoms with Crippen molar-refractivity contribution >= 4 is 17.6 Å². The molecule has 156 valence electrons. The Morgan fingerprint density at radius 2 is 1.90 bits per heavy atom. The molecule has 1 fully saturated rings. The number of halogens is 1. The van der Waals surface area contributed by atoms with E-state index >= 15 is 0 Å². The van der Waals surface area contributed by atoms with Crippen LogP contribution in [-0.4, -0.2) is 50.6 Å². The smallest absolute Gasteiger partial charge is 0.254 e. The normalized spacial score (nSPS) is 14.7. The highest BCUT2D eigenvalue weighted by Crippen LogP contribution is 2.19. The second kappa shape index (κ2) is 9.32. The van der Waals surface area contributed by atoms with E-state index in [-0.39, 0.29) is 11.7 Å². The summed E-state index contributed by atoms with van der Waals surface area (Å²) in [5.41, 5.74) is 2.96. The fourth-order valence-electron chi connectivity index (χ4n) is 3.41. The van der Waals surface area contributed by atoms with Gasteiger partial charge in [-0.15, -0.1) is 0 Å². The van der Waals surface area contributed by atoms with E-state index < -0.39 is 0 Å². The molecular formula is C22H23FN4O2S. The molecule has 6 nitrogen and oxygen atoms in total. The Balaban J connectivity index is 1.33. The quantitative estimate of drug-likeness (QED) is 0.604. The molecule has 2 aromatic carbocycles. The van der Waals surface area contributed by atoms with Crippen LogP contribution in [0.25, 0.3) is 0 Å². The molecule has 3 aromatic rings. The molecule has 0 bridgehead atoms.